The van der Waals surface area contributed by atoms with Gasteiger partial charge in [0.25, 0.3) is 0 Å². The average Bonchev–Trinajstić information content (AvgIpc) is 3.28. The molecule has 0 radical (unpaired) electrons. The zero-order valence-corrected chi connectivity index (χ0v) is 14.9. The van der Waals surface area contributed by atoms with Crippen molar-refractivity contribution in [3.05, 3.63) is 54.1 Å². The van der Waals surface area contributed by atoms with Gasteiger partial charge in [0.15, 0.2) is 5.65 Å². The smallest absolute Gasteiger partial charge is 0.163 e. The number of aromatic amines is 1. The third-order valence-electron chi connectivity index (χ3n) is 4.26. The van der Waals surface area contributed by atoms with Crippen molar-refractivity contribution in [2.45, 2.75) is 26.3 Å². The SMILES string of the molecule is CCCc1nc(NCc2cc(-c3ccccc3)n[nH]2)c2cnn(C)c2n1. The van der Waals surface area contributed by atoms with Crippen molar-refractivity contribution in [1.82, 2.24) is 29.9 Å². The molecule has 3 aromatic heterocycles. The van der Waals surface area contributed by atoms with E-state index in [4.69, 9.17) is 0 Å². The largest absolute Gasteiger partial charge is 0.364 e. The molecule has 3 heterocycles. The van der Waals surface area contributed by atoms with Crippen LogP contribution in [-0.2, 0) is 20.0 Å². The monoisotopic (exact) mass is 347 g/mol. The van der Waals surface area contributed by atoms with E-state index in [0.29, 0.717) is 6.54 Å². The van der Waals surface area contributed by atoms with Gasteiger partial charge in [-0.1, -0.05) is 37.3 Å². The first-order valence-electron chi connectivity index (χ1n) is 8.77. The number of hydrogen-bond donors (Lipinski definition) is 2. The molecular weight excluding hydrogens is 326 g/mol. The Morgan fingerprint density at radius 3 is 2.81 bits per heavy atom. The van der Waals surface area contributed by atoms with E-state index in [1.54, 1.807) is 10.9 Å². The Hall–Kier alpha value is -3.22. The highest BCUT2D eigenvalue weighted by molar-refractivity contribution is 5.86. The standard InChI is InChI=1S/C19H21N7/c1-3-7-17-22-18(15-12-21-26(2)19(15)23-17)20-11-14-10-16(25-24-14)13-8-5-4-6-9-13/h4-6,8-10,12H,3,7,11H2,1-2H3,(H,24,25)(H,20,22,23). The van der Waals surface area contributed by atoms with E-state index in [1.807, 2.05) is 37.4 Å². The van der Waals surface area contributed by atoms with Crippen LogP contribution in [0.1, 0.15) is 24.9 Å². The lowest BCUT2D eigenvalue weighted by Crippen LogP contribution is -2.06. The van der Waals surface area contributed by atoms with Crippen LogP contribution < -0.4 is 5.32 Å². The van der Waals surface area contributed by atoms with Crippen LogP contribution in [0.2, 0.25) is 0 Å². The first kappa shape index (κ1) is 16.3. The van der Waals surface area contributed by atoms with Crippen LogP contribution in [0, 0.1) is 0 Å². The molecule has 0 saturated carbocycles. The van der Waals surface area contributed by atoms with Gasteiger partial charge in [0.2, 0.25) is 0 Å². The topological polar surface area (TPSA) is 84.3 Å². The molecule has 26 heavy (non-hydrogen) atoms. The summed E-state index contributed by atoms with van der Waals surface area (Å²) in [4.78, 5) is 9.29. The fourth-order valence-corrected chi connectivity index (χ4v) is 2.93. The number of hydrogen-bond acceptors (Lipinski definition) is 5. The zero-order chi connectivity index (χ0) is 17.9. The summed E-state index contributed by atoms with van der Waals surface area (Å²) < 4.78 is 1.78. The van der Waals surface area contributed by atoms with Gasteiger partial charge < -0.3 is 5.32 Å². The number of aromatic nitrogens is 6. The number of H-pyrrole nitrogens is 1. The van der Waals surface area contributed by atoms with Crippen LogP contribution in [0.3, 0.4) is 0 Å². The highest BCUT2D eigenvalue weighted by atomic mass is 15.3. The van der Waals surface area contributed by atoms with Crippen molar-refractivity contribution in [3.8, 4) is 11.3 Å². The first-order chi connectivity index (χ1) is 12.7. The minimum absolute atomic E-state index is 0.604. The summed E-state index contributed by atoms with van der Waals surface area (Å²) >= 11 is 0. The highest BCUT2D eigenvalue weighted by Crippen LogP contribution is 2.22. The number of nitrogens with one attached hydrogen (secondary N) is 2. The van der Waals surface area contributed by atoms with E-state index in [0.717, 1.165) is 52.5 Å². The van der Waals surface area contributed by atoms with Crippen LogP contribution in [0.25, 0.3) is 22.3 Å². The molecule has 0 fully saturated rings. The third kappa shape index (κ3) is 3.15. The summed E-state index contributed by atoms with van der Waals surface area (Å²) in [5.74, 6) is 1.64. The molecule has 0 aliphatic heterocycles. The molecule has 0 spiro atoms. The lowest BCUT2D eigenvalue weighted by atomic mass is 10.1. The van der Waals surface area contributed by atoms with Crippen molar-refractivity contribution in [3.63, 3.8) is 0 Å². The van der Waals surface area contributed by atoms with Crippen molar-refractivity contribution in [1.29, 1.82) is 0 Å². The van der Waals surface area contributed by atoms with E-state index >= 15 is 0 Å². The van der Waals surface area contributed by atoms with Gasteiger partial charge in [0.05, 0.1) is 29.5 Å². The summed E-state index contributed by atoms with van der Waals surface area (Å²) in [6.07, 6.45) is 3.65. The lowest BCUT2D eigenvalue weighted by molar-refractivity contribution is 0.772. The zero-order valence-electron chi connectivity index (χ0n) is 14.9. The second-order valence-corrected chi connectivity index (χ2v) is 6.24. The van der Waals surface area contributed by atoms with E-state index in [-0.39, 0.29) is 0 Å². The molecule has 2 N–H and O–H groups in total. The van der Waals surface area contributed by atoms with Gasteiger partial charge in [-0.15, -0.1) is 0 Å². The van der Waals surface area contributed by atoms with Crippen molar-refractivity contribution < 1.29 is 0 Å². The number of anilines is 1. The van der Waals surface area contributed by atoms with Crippen LogP contribution in [0.15, 0.2) is 42.6 Å². The molecular formula is C19H21N7. The normalized spacial score (nSPS) is 11.2. The maximum atomic E-state index is 4.67. The molecule has 7 heteroatoms. The Morgan fingerprint density at radius 1 is 1.15 bits per heavy atom. The van der Waals surface area contributed by atoms with E-state index in [2.05, 4.69) is 43.6 Å². The van der Waals surface area contributed by atoms with E-state index in [9.17, 15) is 0 Å². The molecule has 4 aromatic rings. The average molecular weight is 347 g/mol. The van der Waals surface area contributed by atoms with Crippen molar-refractivity contribution in [2.75, 3.05) is 5.32 Å². The first-order valence-corrected chi connectivity index (χ1v) is 8.77. The minimum atomic E-state index is 0.604. The van der Waals surface area contributed by atoms with Gasteiger partial charge in [-0.25, -0.2) is 9.97 Å². The Bertz CT molecular complexity index is 1020. The van der Waals surface area contributed by atoms with Crippen LogP contribution in [0.5, 0.6) is 0 Å². The number of nitrogens with zero attached hydrogens (tertiary/aromatic N) is 5. The van der Waals surface area contributed by atoms with Crippen molar-refractivity contribution in [2.24, 2.45) is 7.05 Å². The Kier molecular flexibility index (Phi) is 4.35. The fourth-order valence-electron chi connectivity index (χ4n) is 2.93. The summed E-state index contributed by atoms with van der Waals surface area (Å²) in [5.41, 5.74) is 3.87. The van der Waals surface area contributed by atoms with Crippen LogP contribution in [0.4, 0.5) is 5.82 Å². The molecule has 4 rings (SSSR count). The molecule has 0 unspecified atom stereocenters. The molecule has 0 aliphatic carbocycles. The van der Waals surface area contributed by atoms with E-state index < -0.39 is 0 Å². The highest BCUT2D eigenvalue weighted by Gasteiger charge is 2.12. The predicted octanol–water partition coefficient (Wildman–Crippen LogP) is 3.32. The Morgan fingerprint density at radius 2 is 2.00 bits per heavy atom. The van der Waals surface area contributed by atoms with Gasteiger partial charge in [0.1, 0.15) is 11.6 Å². The lowest BCUT2D eigenvalue weighted by Gasteiger charge is -2.07. The summed E-state index contributed by atoms with van der Waals surface area (Å²) in [7, 11) is 1.90. The number of aryl methyl sites for hydroxylation is 2. The summed E-state index contributed by atoms with van der Waals surface area (Å²) in [5, 5.41) is 16.1. The molecule has 7 nitrogen and oxygen atoms in total. The molecule has 0 amide bonds. The molecule has 132 valence electrons. The Balaban J connectivity index is 1.57. The molecule has 1 aromatic carbocycles. The number of benzene rings is 1. The van der Waals surface area contributed by atoms with Crippen LogP contribution in [-0.4, -0.2) is 29.9 Å². The Labute approximate surface area is 151 Å². The number of rotatable bonds is 6. The van der Waals surface area contributed by atoms with Gasteiger partial charge in [0, 0.05) is 19.0 Å². The second kappa shape index (κ2) is 6.95. The molecule has 0 atom stereocenters. The van der Waals surface area contributed by atoms with E-state index in [1.165, 1.54) is 0 Å². The van der Waals surface area contributed by atoms with Crippen LogP contribution >= 0.6 is 0 Å². The number of fused-ring (bicyclic) bond motifs is 1. The maximum absolute atomic E-state index is 4.67. The minimum Gasteiger partial charge on any atom is -0.364 e. The fraction of sp³-hybridized carbons (Fsp3) is 0.263. The van der Waals surface area contributed by atoms with Gasteiger partial charge in [-0.2, -0.15) is 10.2 Å². The maximum Gasteiger partial charge on any atom is 0.163 e. The van der Waals surface area contributed by atoms with Gasteiger partial charge in [-0.3, -0.25) is 9.78 Å². The predicted molar refractivity (Wildman–Crippen MR) is 102 cm³/mol. The molecule has 0 bridgehead atoms. The quantitative estimate of drug-likeness (QED) is 0.559. The summed E-state index contributed by atoms with van der Waals surface area (Å²) in [6.45, 7) is 2.73. The third-order valence-corrected chi connectivity index (χ3v) is 4.26. The molecule has 0 aliphatic rings. The summed E-state index contributed by atoms with van der Waals surface area (Å²) in [6, 6.07) is 12.2. The van der Waals surface area contributed by atoms with Crippen molar-refractivity contribution >= 4 is 16.9 Å². The second-order valence-electron chi connectivity index (χ2n) is 6.24. The van der Waals surface area contributed by atoms with Gasteiger partial charge in [-0.05, 0) is 12.5 Å². The molecule has 0 saturated heterocycles. The van der Waals surface area contributed by atoms with Gasteiger partial charge >= 0.3 is 0 Å².